The summed E-state index contributed by atoms with van der Waals surface area (Å²) in [5.74, 6) is -0.952. The molecule has 2 aromatic carbocycles. The van der Waals surface area contributed by atoms with E-state index < -0.39 is 31.5 Å². The van der Waals surface area contributed by atoms with Gasteiger partial charge in [0.2, 0.25) is 10.3 Å². The molecule has 3 rings (SSSR count). The highest BCUT2D eigenvalue weighted by molar-refractivity contribution is 7.98. The minimum absolute atomic E-state index is 0.0140. The maximum absolute atomic E-state index is 12.8. The zero-order valence-corrected chi connectivity index (χ0v) is 21.1. The Bertz CT molecular complexity index is 1480. The van der Waals surface area contributed by atoms with Gasteiger partial charge in [-0.15, -0.1) is 0 Å². The molecule has 0 fully saturated rings. The lowest BCUT2D eigenvalue weighted by atomic mass is 10.1. The average molecular weight is 548 g/mol. The van der Waals surface area contributed by atoms with Crippen molar-refractivity contribution in [2.45, 2.75) is 17.0 Å². The standard InChI is InChI=1S/C21H17N5O7S3/c1-3-32-17-11-13(10-14(12-22)19(27)23-20-24-21(34-2)25-35-20)8-9-16(17)33-36(30,31)18-7-5-4-6-15(18)26(28)29/h4-11H,3H2,1-2H3,(H,23,24,25,27)/b14-10-. The van der Waals surface area contributed by atoms with E-state index in [4.69, 9.17) is 8.92 Å². The van der Waals surface area contributed by atoms with E-state index in [9.17, 15) is 28.6 Å². The van der Waals surface area contributed by atoms with Crippen LogP contribution in [0, 0.1) is 21.4 Å². The second-order valence-corrected chi connectivity index (χ2v) is 9.65. The van der Waals surface area contributed by atoms with Crippen LogP contribution in [0.4, 0.5) is 10.8 Å². The van der Waals surface area contributed by atoms with Crippen molar-refractivity contribution in [3.05, 3.63) is 63.7 Å². The summed E-state index contributed by atoms with van der Waals surface area (Å²) in [6.07, 6.45) is 3.05. The summed E-state index contributed by atoms with van der Waals surface area (Å²) in [6, 6.07) is 10.6. The number of nitro groups is 1. The van der Waals surface area contributed by atoms with Gasteiger partial charge in [0, 0.05) is 17.6 Å². The van der Waals surface area contributed by atoms with Crippen LogP contribution >= 0.6 is 23.3 Å². The normalized spacial score (nSPS) is 11.4. The number of nitrogens with one attached hydrogen (secondary N) is 1. The summed E-state index contributed by atoms with van der Waals surface area (Å²) >= 11 is 2.27. The molecule has 3 aromatic rings. The van der Waals surface area contributed by atoms with Gasteiger partial charge in [-0.3, -0.25) is 20.2 Å². The van der Waals surface area contributed by atoms with E-state index >= 15 is 0 Å². The summed E-state index contributed by atoms with van der Waals surface area (Å²) in [7, 11) is -4.59. The number of rotatable bonds is 10. The number of para-hydroxylation sites is 1. The summed E-state index contributed by atoms with van der Waals surface area (Å²) in [4.78, 5) is 26.4. The highest BCUT2D eigenvalue weighted by Crippen LogP contribution is 2.34. The molecule has 1 N–H and O–H groups in total. The second kappa shape index (κ2) is 11.6. The molecule has 0 saturated heterocycles. The predicted molar refractivity (Wildman–Crippen MR) is 132 cm³/mol. The monoisotopic (exact) mass is 547 g/mol. The molecule has 1 amide bonds. The Kier molecular flexibility index (Phi) is 8.59. The van der Waals surface area contributed by atoms with Gasteiger partial charge in [0.25, 0.3) is 11.6 Å². The van der Waals surface area contributed by atoms with E-state index in [1.54, 1.807) is 19.2 Å². The largest absolute Gasteiger partial charge is 0.490 e. The Balaban J connectivity index is 1.90. The van der Waals surface area contributed by atoms with E-state index in [1.807, 2.05) is 0 Å². The lowest BCUT2D eigenvalue weighted by Crippen LogP contribution is -2.13. The maximum atomic E-state index is 12.8. The first-order valence-corrected chi connectivity index (χ1v) is 13.3. The van der Waals surface area contributed by atoms with Crippen LogP contribution in [0.2, 0.25) is 0 Å². The molecule has 0 radical (unpaired) electrons. The summed E-state index contributed by atoms with van der Waals surface area (Å²) < 4.78 is 40.2. The fourth-order valence-electron chi connectivity index (χ4n) is 2.76. The van der Waals surface area contributed by atoms with Gasteiger partial charge in [-0.25, -0.2) is 0 Å². The third-order valence-corrected chi connectivity index (χ3v) is 6.86. The van der Waals surface area contributed by atoms with Crippen molar-refractivity contribution in [2.75, 3.05) is 18.2 Å². The molecule has 15 heteroatoms. The zero-order chi connectivity index (χ0) is 26.3. The maximum Gasteiger partial charge on any atom is 0.346 e. The zero-order valence-electron chi connectivity index (χ0n) is 18.7. The lowest BCUT2D eigenvalue weighted by Gasteiger charge is -2.13. The van der Waals surface area contributed by atoms with E-state index in [2.05, 4.69) is 14.7 Å². The van der Waals surface area contributed by atoms with Crippen LogP contribution in [0.15, 0.2) is 58.1 Å². The van der Waals surface area contributed by atoms with Gasteiger partial charge in [0.05, 0.1) is 11.5 Å². The number of nitriles is 1. The molecule has 12 nitrogen and oxygen atoms in total. The van der Waals surface area contributed by atoms with Gasteiger partial charge >= 0.3 is 10.1 Å². The number of nitro benzene ring substituents is 1. The first-order valence-electron chi connectivity index (χ1n) is 9.94. The first kappa shape index (κ1) is 26.6. The first-order chi connectivity index (χ1) is 17.2. The molecular formula is C21H17N5O7S3. The number of benzene rings is 2. The molecule has 0 unspecified atom stereocenters. The van der Waals surface area contributed by atoms with Crippen LogP contribution in [0.25, 0.3) is 6.08 Å². The van der Waals surface area contributed by atoms with E-state index in [0.717, 1.165) is 23.7 Å². The molecule has 0 saturated carbocycles. The van der Waals surface area contributed by atoms with Gasteiger partial charge in [0.1, 0.15) is 11.6 Å². The highest BCUT2D eigenvalue weighted by atomic mass is 32.2. The molecule has 0 aliphatic heterocycles. The highest BCUT2D eigenvalue weighted by Gasteiger charge is 2.28. The van der Waals surface area contributed by atoms with Crippen LogP contribution in [0.5, 0.6) is 11.5 Å². The van der Waals surface area contributed by atoms with Crippen molar-refractivity contribution in [2.24, 2.45) is 0 Å². The summed E-state index contributed by atoms with van der Waals surface area (Å²) in [5, 5.41) is 23.9. The topological polar surface area (TPSA) is 174 Å². The molecular weight excluding hydrogens is 530 g/mol. The van der Waals surface area contributed by atoms with Crippen molar-refractivity contribution < 1.29 is 27.1 Å². The Hall–Kier alpha value is -4.00. The number of hydrogen-bond donors (Lipinski definition) is 1. The van der Waals surface area contributed by atoms with Crippen LogP contribution in [-0.4, -0.2) is 41.5 Å². The third kappa shape index (κ3) is 6.36. The average Bonchev–Trinajstić information content (AvgIpc) is 3.31. The number of thioether (sulfide) groups is 1. The van der Waals surface area contributed by atoms with Crippen molar-refractivity contribution >= 4 is 56.2 Å². The third-order valence-electron chi connectivity index (χ3n) is 4.28. The van der Waals surface area contributed by atoms with Crippen molar-refractivity contribution in [3.63, 3.8) is 0 Å². The second-order valence-electron chi connectivity index (χ2n) is 6.61. The van der Waals surface area contributed by atoms with E-state index in [1.165, 1.54) is 48.2 Å². The number of carbonyl (C=O) groups is 1. The molecule has 186 valence electrons. The summed E-state index contributed by atoms with van der Waals surface area (Å²) in [6.45, 7) is 1.79. The molecule has 1 heterocycles. The Morgan fingerprint density at radius 1 is 1.31 bits per heavy atom. The van der Waals surface area contributed by atoms with Crippen LogP contribution in [-0.2, 0) is 14.9 Å². The molecule has 0 aliphatic carbocycles. The quantitative estimate of drug-likeness (QED) is 0.0973. The number of amides is 1. The van der Waals surface area contributed by atoms with Crippen LogP contribution in [0.3, 0.4) is 0 Å². The van der Waals surface area contributed by atoms with Crippen molar-refractivity contribution in [1.82, 2.24) is 9.36 Å². The fourth-order valence-corrected chi connectivity index (χ4v) is 4.99. The Morgan fingerprint density at radius 2 is 2.06 bits per heavy atom. The number of ether oxygens (including phenoxy) is 1. The van der Waals surface area contributed by atoms with Gasteiger partial charge in [-0.1, -0.05) is 30.0 Å². The van der Waals surface area contributed by atoms with Crippen molar-refractivity contribution in [3.8, 4) is 17.6 Å². The van der Waals surface area contributed by atoms with E-state index in [-0.39, 0.29) is 28.8 Å². The Labute approximate surface area is 214 Å². The number of anilines is 1. The molecule has 0 atom stereocenters. The number of hydrogen-bond acceptors (Lipinski definition) is 12. The molecule has 1 aromatic heterocycles. The number of nitrogens with zero attached hydrogens (tertiary/aromatic N) is 4. The Morgan fingerprint density at radius 3 is 2.69 bits per heavy atom. The van der Waals surface area contributed by atoms with Crippen LogP contribution < -0.4 is 14.2 Å². The van der Waals surface area contributed by atoms with Gasteiger partial charge in [-0.05, 0) is 43.0 Å². The summed E-state index contributed by atoms with van der Waals surface area (Å²) in [5.41, 5.74) is -0.554. The van der Waals surface area contributed by atoms with Crippen LogP contribution in [0.1, 0.15) is 12.5 Å². The van der Waals surface area contributed by atoms with Gasteiger partial charge in [-0.2, -0.15) is 23.0 Å². The molecule has 0 spiro atoms. The lowest BCUT2D eigenvalue weighted by molar-refractivity contribution is -0.387. The minimum atomic E-state index is -4.59. The predicted octanol–water partition coefficient (Wildman–Crippen LogP) is 3.88. The fraction of sp³-hybridized carbons (Fsp3) is 0.143. The number of aromatic nitrogens is 2. The van der Waals surface area contributed by atoms with Crippen molar-refractivity contribution in [1.29, 1.82) is 5.26 Å². The van der Waals surface area contributed by atoms with Gasteiger partial charge in [0.15, 0.2) is 16.4 Å². The molecule has 0 aliphatic rings. The van der Waals surface area contributed by atoms with Gasteiger partial charge < -0.3 is 8.92 Å². The molecule has 0 bridgehead atoms. The van der Waals surface area contributed by atoms with E-state index in [0.29, 0.717) is 10.7 Å². The molecule has 36 heavy (non-hydrogen) atoms. The minimum Gasteiger partial charge on any atom is -0.490 e. The number of carbonyl (C=O) groups excluding carboxylic acids is 1. The smallest absolute Gasteiger partial charge is 0.346 e. The SMILES string of the molecule is CCOc1cc(/C=C(/C#N)C(=O)Nc2nc(SC)ns2)ccc1OS(=O)(=O)c1ccccc1[N+](=O)[O-].